The molecule has 4 aromatic carbocycles. The van der Waals surface area contributed by atoms with Gasteiger partial charge >= 0.3 is 5.97 Å². The van der Waals surface area contributed by atoms with E-state index in [0.29, 0.717) is 0 Å². The van der Waals surface area contributed by atoms with Crippen molar-refractivity contribution < 1.29 is 67.9 Å². The van der Waals surface area contributed by atoms with E-state index in [2.05, 4.69) is 5.32 Å². The number of carbonyl (C=O) groups excluding carboxylic acids is 2. The zero-order chi connectivity index (χ0) is 42.5. The molecule has 0 saturated carbocycles. The van der Waals surface area contributed by atoms with E-state index in [-0.39, 0.29) is 25.4 Å². The molecule has 0 bridgehead atoms. The maximum Gasteiger partial charge on any atom is 0.366 e. The van der Waals surface area contributed by atoms with Crippen LogP contribution in [0.15, 0.2) is 121 Å². The van der Waals surface area contributed by atoms with Crippen LogP contribution in [0.1, 0.15) is 33.5 Å². The molecule has 0 radical (unpaired) electrons. The fourth-order valence-corrected chi connectivity index (χ4v) is 7.30. The molecule has 6 rings (SSSR count). The molecule has 15 heteroatoms. The maximum absolute atomic E-state index is 13.8. The third-order valence-electron chi connectivity index (χ3n) is 10.5. The maximum atomic E-state index is 13.8. The fraction of sp³-hybridized carbons (Fsp3) is 0.422. The highest BCUT2D eigenvalue weighted by molar-refractivity contribution is 5.94. The predicted octanol–water partition coefficient (Wildman–Crippen LogP) is 2.66. The van der Waals surface area contributed by atoms with E-state index in [1.54, 1.807) is 30.3 Å². The minimum atomic E-state index is -2.43. The number of rotatable bonds is 19. The number of hydrogen-bond donors (Lipinski definition) is 5. The zero-order valence-electron chi connectivity index (χ0n) is 33.4. The molecule has 0 aromatic heterocycles. The number of carbonyl (C=O) groups is 2. The lowest BCUT2D eigenvalue weighted by molar-refractivity contribution is -0.347. The van der Waals surface area contributed by atoms with Crippen LogP contribution in [0.4, 0.5) is 0 Å². The molecule has 322 valence electrons. The van der Waals surface area contributed by atoms with Crippen molar-refractivity contribution in [3.8, 4) is 0 Å². The van der Waals surface area contributed by atoms with Crippen LogP contribution in [0.2, 0.25) is 0 Å². The molecule has 60 heavy (non-hydrogen) atoms. The van der Waals surface area contributed by atoms with Gasteiger partial charge in [0.1, 0.15) is 42.7 Å². The first-order valence-corrected chi connectivity index (χ1v) is 19.7. The van der Waals surface area contributed by atoms with Gasteiger partial charge in [0.2, 0.25) is 0 Å². The van der Waals surface area contributed by atoms with E-state index in [9.17, 15) is 30.0 Å². The number of ether oxygens (including phenoxy) is 8. The summed E-state index contributed by atoms with van der Waals surface area (Å²) in [4.78, 5) is 27.0. The molecule has 0 unspecified atom stereocenters. The second-order valence-electron chi connectivity index (χ2n) is 14.6. The third kappa shape index (κ3) is 11.2. The molecule has 11 atom stereocenters. The van der Waals surface area contributed by atoms with E-state index in [1.807, 2.05) is 91.0 Å². The van der Waals surface area contributed by atoms with E-state index in [0.717, 1.165) is 23.8 Å². The van der Waals surface area contributed by atoms with Gasteiger partial charge in [0.05, 0.1) is 52.3 Å². The van der Waals surface area contributed by atoms with Crippen LogP contribution < -0.4 is 5.32 Å². The summed E-state index contributed by atoms with van der Waals surface area (Å²) in [6.45, 7) is -0.891. The lowest BCUT2D eigenvalue weighted by atomic mass is 9.88. The van der Waals surface area contributed by atoms with E-state index in [4.69, 9.17) is 37.9 Å². The summed E-state index contributed by atoms with van der Waals surface area (Å²) in [5.74, 6) is -4.15. The normalized spacial score (nSPS) is 27.7. The lowest BCUT2D eigenvalue weighted by Gasteiger charge is -2.48. The van der Waals surface area contributed by atoms with Crippen molar-refractivity contribution in [3.63, 3.8) is 0 Å². The highest BCUT2D eigenvalue weighted by Crippen LogP contribution is 2.37. The van der Waals surface area contributed by atoms with Crippen LogP contribution in [0.25, 0.3) is 0 Å². The first kappa shape index (κ1) is 44.9. The molecule has 2 aliphatic heterocycles. The van der Waals surface area contributed by atoms with Gasteiger partial charge in [0.25, 0.3) is 11.7 Å². The number of benzene rings is 4. The van der Waals surface area contributed by atoms with E-state index < -0.39 is 98.5 Å². The highest BCUT2D eigenvalue weighted by Gasteiger charge is 2.58. The van der Waals surface area contributed by atoms with Crippen LogP contribution >= 0.6 is 0 Å². The minimum absolute atomic E-state index is 0.118. The van der Waals surface area contributed by atoms with Gasteiger partial charge in [-0.1, -0.05) is 109 Å². The van der Waals surface area contributed by atoms with Crippen molar-refractivity contribution in [2.45, 2.75) is 93.2 Å². The van der Waals surface area contributed by atoms with Gasteiger partial charge in [-0.3, -0.25) is 4.79 Å². The van der Waals surface area contributed by atoms with Crippen molar-refractivity contribution in [1.82, 2.24) is 5.32 Å². The Morgan fingerprint density at radius 1 is 0.750 bits per heavy atom. The first-order chi connectivity index (χ1) is 29.2. The Morgan fingerprint density at radius 3 is 1.75 bits per heavy atom. The summed E-state index contributed by atoms with van der Waals surface area (Å²) < 4.78 is 49.8. The molecule has 15 nitrogen and oxygen atoms in total. The summed E-state index contributed by atoms with van der Waals surface area (Å²) in [7, 11) is 2.55. The highest BCUT2D eigenvalue weighted by atomic mass is 16.8. The molecule has 2 aliphatic rings. The van der Waals surface area contributed by atoms with Crippen LogP contribution in [-0.2, 0) is 62.5 Å². The topological polar surface area (TPSA) is 201 Å². The number of aliphatic hydroxyl groups excluding tert-OH is 4. The molecular formula is C45H53NO14. The van der Waals surface area contributed by atoms with Crippen molar-refractivity contribution in [1.29, 1.82) is 0 Å². The molecule has 1 amide bonds. The second kappa shape index (κ2) is 21.8. The fourth-order valence-electron chi connectivity index (χ4n) is 7.30. The summed E-state index contributed by atoms with van der Waals surface area (Å²) >= 11 is 0. The SMILES string of the molecule is COC(=O)[C@]1(OC[C@H]2O[C@H](OC)[C@H](OCc3ccccc3)[C@@H](OCc3ccccc3)[C@H]2OCc2ccccc2)C[C@H](O)[C@@H](NC(=O)c2ccccc2)[C@H]([C@H](O)[C@H](O)CO)O1. The molecule has 0 spiro atoms. The molecule has 5 N–H and O–H groups in total. The standard InChI is InChI=1S/C45H53NO14/c1-53-43-41(57-27-31-19-11-5-12-20-31)40(56-26-30-17-9-4-10-18-30)38(55-25-29-15-7-3-8-16-29)35(59-43)28-58-45(44(52)54-2)23-33(48)36(39(60-45)37(50)34(49)24-47)46-42(51)32-21-13-6-14-22-32/h3-22,33-41,43,47-50H,23-28H2,1-2H3,(H,46,51)/t33-,34+,35+,36+,37+,38-,39+,40-,41+,43-,45-/m0/s1. The van der Waals surface area contributed by atoms with Crippen molar-refractivity contribution >= 4 is 11.9 Å². The van der Waals surface area contributed by atoms with Gasteiger partial charge in [-0.15, -0.1) is 0 Å². The van der Waals surface area contributed by atoms with Gasteiger partial charge in [-0.2, -0.15) is 0 Å². The number of esters is 1. The van der Waals surface area contributed by atoms with Gasteiger partial charge < -0.3 is 63.6 Å². The predicted molar refractivity (Wildman–Crippen MR) is 214 cm³/mol. The molecule has 2 heterocycles. The Labute approximate surface area is 348 Å². The van der Waals surface area contributed by atoms with Crippen LogP contribution in [-0.4, -0.2) is 127 Å². The van der Waals surface area contributed by atoms with Crippen molar-refractivity contribution in [2.75, 3.05) is 27.4 Å². The Morgan fingerprint density at radius 2 is 1.25 bits per heavy atom. The Balaban J connectivity index is 1.32. The van der Waals surface area contributed by atoms with Crippen molar-refractivity contribution in [3.05, 3.63) is 144 Å². The number of hydrogen-bond acceptors (Lipinski definition) is 14. The number of aliphatic hydroxyl groups is 4. The summed E-state index contributed by atoms with van der Waals surface area (Å²) in [5, 5.41) is 45.9. The van der Waals surface area contributed by atoms with Gasteiger partial charge in [0, 0.05) is 19.1 Å². The van der Waals surface area contributed by atoms with Crippen molar-refractivity contribution in [2.24, 2.45) is 0 Å². The van der Waals surface area contributed by atoms with Gasteiger partial charge in [0.15, 0.2) is 6.29 Å². The zero-order valence-corrected chi connectivity index (χ0v) is 33.4. The molecule has 2 fully saturated rings. The number of amides is 1. The molecule has 4 aromatic rings. The Bertz CT molecular complexity index is 1890. The first-order valence-electron chi connectivity index (χ1n) is 19.7. The molecule has 2 saturated heterocycles. The monoisotopic (exact) mass is 831 g/mol. The van der Waals surface area contributed by atoms with Gasteiger partial charge in [-0.05, 0) is 28.8 Å². The minimum Gasteiger partial charge on any atom is -0.465 e. The molecular weight excluding hydrogens is 778 g/mol. The number of nitrogens with one attached hydrogen (secondary N) is 1. The Hall–Kier alpha value is -4.62. The third-order valence-corrected chi connectivity index (χ3v) is 10.5. The molecule has 0 aliphatic carbocycles. The quantitative estimate of drug-likeness (QED) is 0.0864. The second-order valence-corrected chi connectivity index (χ2v) is 14.6. The smallest absolute Gasteiger partial charge is 0.366 e. The average molecular weight is 832 g/mol. The van der Waals surface area contributed by atoms with E-state index >= 15 is 0 Å². The van der Waals surface area contributed by atoms with Gasteiger partial charge in [-0.25, -0.2) is 4.79 Å². The van der Waals surface area contributed by atoms with E-state index in [1.165, 1.54) is 7.11 Å². The lowest BCUT2D eigenvalue weighted by Crippen LogP contribution is -2.69. The largest absolute Gasteiger partial charge is 0.465 e. The number of methoxy groups -OCH3 is 2. The Kier molecular flexibility index (Phi) is 16.3. The summed E-state index contributed by atoms with van der Waals surface area (Å²) in [5.41, 5.74) is 2.87. The summed E-state index contributed by atoms with van der Waals surface area (Å²) in [6.07, 6.45) is -12.4. The van der Waals surface area contributed by atoms with Crippen LogP contribution in [0.3, 0.4) is 0 Å². The average Bonchev–Trinajstić information content (AvgIpc) is 3.30. The summed E-state index contributed by atoms with van der Waals surface area (Å²) in [6, 6.07) is 35.3. The van der Waals surface area contributed by atoms with Crippen LogP contribution in [0, 0.1) is 0 Å². The van der Waals surface area contributed by atoms with Crippen LogP contribution in [0.5, 0.6) is 0 Å².